The van der Waals surface area contributed by atoms with Crippen LogP contribution in [0.4, 0.5) is 9.80 Å². The van der Waals surface area contributed by atoms with Gasteiger partial charge in [-0.15, -0.1) is 11.3 Å². The summed E-state index contributed by atoms with van der Waals surface area (Å²) in [5, 5.41) is 2.93. The van der Waals surface area contributed by atoms with E-state index in [1.54, 1.807) is 16.2 Å². The number of thiophene rings is 1. The minimum atomic E-state index is -0.225. The first kappa shape index (κ1) is 18.3. The summed E-state index contributed by atoms with van der Waals surface area (Å²) in [6, 6.07) is 14.1. The van der Waals surface area contributed by atoms with Crippen LogP contribution >= 0.6 is 11.3 Å². The van der Waals surface area contributed by atoms with Crippen LogP contribution in [0, 0.1) is 5.92 Å². The average Bonchev–Trinajstić information content (AvgIpc) is 3.22. The monoisotopic (exact) mass is 383 g/mol. The summed E-state index contributed by atoms with van der Waals surface area (Å²) in [6.07, 6.45) is 4.08. The van der Waals surface area contributed by atoms with Crippen molar-refractivity contribution in [2.45, 2.75) is 25.5 Å². The molecule has 5 heteroatoms. The summed E-state index contributed by atoms with van der Waals surface area (Å²) in [6.45, 7) is 8.72. The van der Waals surface area contributed by atoms with Gasteiger partial charge in [0.25, 0.3) is 0 Å². The molecule has 0 aliphatic carbocycles. The van der Waals surface area contributed by atoms with Crippen LogP contribution in [-0.2, 0) is 11.3 Å². The molecule has 3 saturated heterocycles. The van der Waals surface area contributed by atoms with Crippen LogP contribution in [0.1, 0.15) is 18.4 Å². The molecule has 142 valence electrons. The van der Waals surface area contributed by atoms with Crippen LogP contribution in [0.5, 0.6) is 0 Å². The molecule has 0 N–H and O–H groups in total. The smallest absolute Gasteiger partial charge is 0.415 e. The Morgan fingerprint density at radius 1 is 1.22 bits per heavy atom. The van der Waals surface area contributed by atoms with Gasteiger partial charge in [-0.3, -0.25) is 4.90 Å². The normalized spacial score (nSPS) is 26.5. The Morgan fingerprint density at radius 2 is 2.00 bits per heavy atom. The number of benzene rings is 1. The van der Waals surface area contributed by atoms with Gasteiger partial charge < -0.3 is 9.22 Å². The second kappa shape index (κ2) is 7.87. The lowest BCUT2D eigenvalue weighted by molar-refractivity contribution is -0.941. The molecule has 0 unspecified atom stereocenters. The van der Waals surface area contributed by atoms with Crippen molar-refractivity contribution in [2.75, 3.05) is 31.1 Å². The quantitative estimate of drug-likeness (QED) is 0.535. The van der Waals surface area contributed by atoms with E-state index in [9.17, 15) is 4.79 Å². The molecule has 3 aliphatic heterocycles. The molecule has 2 aromatic rings. The van der Waals surface area contributed by atoms with E-state index >= 15 is 0 Å². The maximum absolute atomic E-state index is 13.1. The zero-order valence-electron chi connectivity index (χ0n) is 15.6. The molecule has 2 bridgehead atoms. The molecule has 5 rings (SSSR count). The maximum Gasteiger partial charge on any atom is 0.415 e. The summed E-state index contributed by atoms with van der Waals surface area (Å²) in [5.41, 5.74) is 1.10. The van der Waals surface area contributed by atoms with E-state index in [1.165, 1.54) is 13.1 Å². The van der Waals surface area contributed by atoms with Gasteiger partial charge in [-0.05, 0) is 29.2 Å². The minimum Gasteiger partial charge on any atom is -0.439 e. The molecule has 1 amide bonds. The van der Waals surface area contributed by atoms with Gasteiger partial charge in [-0.2, -0.15) is 0 Å². The van der Waals surface area contributed by atoms with E-state index < -0.39 is 0 Å². The van der Waals surface area contributed by atoms with E-state index in [4.69, 9.17) is 4.74 Å². The number of ether oxygens (including phenoxy) is 1. The van der Waals surface area contributed by atoms with E-state index in [0.717, 1.165) is 41.0 Å². The molecule has 4 nitrogen and oxygen atoms in total. The number of hydrogen-bond acceptors (Lipinski definition) is 3. The van der Waals surface area contributed by atoms with Crippen molar-refractivity contribution >= 4 is 22.4 Å². The van der Waals surface area contributed by atoms with Gasteiger partial charge in [0, 0.05) is 18.8 Å². The Hall–Kier alpha value is -2.11. The highest BCUT2D eigenvalue weighted by Gasteiger charge is 2.47. The van der Waals surface area contributed by atoms with Crippen molar-refractivity contribution in [3.63, 3.8) is 0 Å². The zero-order chi connectivity index (χ0) is 18.7. The van der Waals surface area contributed by atoms with Crippen molar-refractivity contribution < 1.29 is 14.0 Å². The van der Waals surface area contributed by atoms with Gasteiger partial charge in [0.05, 0.1) is 26.2 Å². The number of piperidine rings is 3. The molecule has 1 aromatic carbocycles. The molecule has 3 fully saturated rings. The molecule has 0 radical (unpaired) electrons. The molecule has 0 spiro atoms. The van der Waals surface area contributed by atoms with Crippen molar-refractivity contribution in [2.24, 2.45) is 5.92 Å². The number of anilines is 1. The van der Waals surface area contributed by atoms with Gasteiger partial charge >= 0.3 is 6.09 Å². The summed E-state index contributed by atoms with van der Waals surface area (Å²) in [5.74, 6) is 0.501. The van der Waals surface area contributed by atoms with Crippen LogP contribution in [0.2, 0.25) is 0 Å². The number of hydrogen-bond donors (Lipinski definition) is 0. The molecule has 4 heterocycles. The highest BCUT2D eigenvalue weighted by molar-refractivity contribution is 7.14. The van der Waals surface area contributed by atoms with E-state index in [0.29, 0.717) is 12.5 Å². The van der Waals surface area contributed by atoms with Gasteiger partial charge in [0.15, 0.2) is 6.10 Å². The van der Waals surface area contributed by atoms with Crippen LogP contribution in [0.25, 0.3) is 0 Å². The topological polar surface area (TPSA) is 29.5 Å². The largest absolute Gasteiger partial charge is 0.439 e. The zero-order valence-corrected chi connectivity index (χ0v) is 16.4. The maximum atomic E-state index is 13.1. The summed E-state index contributed by atoms with van der Waals surface area (Å²) >= 11 is 1.57. The second-order valence-electron chi connectivity index (χ2n) is 7.73. The van der Waals surface area contributed by atoms with Crippen LogP contribution < -0.4 is 4.90 Å². The fourth-order valence-corrected chi connectivity index (χ4v) is 5.22. The first-order valence-corrected chi connectivity index (χ1v) is 10.6. The lowest BCUT2D eigenvalue weighted by Crippen LogP contribution is -2.64. The molecule has 1 atom stereocenters. The predicted octanol–water partition coefficient (Wildman–Crippen LogP) is 4.69. The third-order valence-corrected chi connectivity index (χ3v) is 6.88. The number of amides is 1. The first-order valence-electron chi connectivity index (χ1n) is 9.71. The highest BCUT2D eigenvalue weighted by Crippen LogP contribution is 2.36. The fraction of sp³-hybridized carbons (Fsp3) is 0.409. The Bertz CT molecular complexity index is 767. The Kier molecular flexibility index (Phi) is 5.32. The molecule has 27 heavy (non-hydrogen) atoms. The third-order valence-electron chi connectivity index (χ3n) is 5.99. The van der Waals surface area contributed by atoms with Crippen LogP contribution in [0.3, 0.4) is 0 Å². The number of fused-ring (bicyclic) bond motifs is 3. The Labute approximate surface area is 165 Å². The lowest BCUT2D eigenvalue weighted by atomic mass is 9.83. The van der Waals surface area contributed by atoms with E-state index in [2.05, 4.69) is 6.58 Å². The lowest BCUT2D eigenvalue weighted by Gasteiger charge is -2.51. The number of carbonyl (C=O) groups excluding carboxylic acids is 1. The van der Waals surface area contributed by atoms with Crippen molar-refractivity contribution in [1.29, 1.82) is 0 Å². The summed E-state index contributed by atoms with van der Waals surface area (Å²) in [7, 11) is 0. The van der Waals surface area contributed by atoms with Crippen molar-refractivity contribution in [1.82, 2.24) is 0 Å². The molecular formula is C22H27N2O2S+. The van der Waals surface area contributed by atoms with Gasteiger partial charge in [0.1, 0.15) is 11.5 Å². The van der Waals surface area contributed by atoms with Gasteiger partial charge in [-0.25, -0.2) is 4.79 Å². The summed E-state index contributed by atoms with van der Waals surface area (Å²) < 4.78 is 7.12. The van der Waals surface area contributed by atoms with Crippen molar-refractivity contribution in [3.05, 3.63) is 66.1 Å². The van der Waals surface area contributed by atoms with Crippen molar-refractivity contribution in [3.8, 4) is 0 Å². The number of rotatable bonds is 6. The fourth-order valence-electron chi connectivity index (χ4n) is 4.50. The summed E-state index contributed by atoms with van der Waals surface area (Å²) in [4.78, 5) is 14.9. The van der Waals surface area contributed by atoms with Gasteiger partial charge in [0.2, 0.25) is 0 Å². The Balaban J connectivity index is 1.49. The number of quaternary nitrogens is 1. The van der Waals surface area contributed by atoms with E-state index in [-0.39, 0.29) is 12.2 Å². The number of carbonyl (C=O) groups is 1. The molecule has 3 aliphatic rings. The SMILES string of the molecule is C=CC[N+]12CCC(CC1)[C@@H](OC(=O)N(Cc1ccccc1)c1cccs1)C2. The standard InChI is InChI=1S/C22H27N2O2S/c1-2-12-24-13-10-19(11-14-24)20(17-24)26-22(25)23(21-9-6-15-27-21)16-18-7-4-3-5-8-18/h2-9,15,19-20H,1,10-14,16-17H2/q+1/t19?,20-,24?/m0/s1. The predicted molar refractivity (Wildman–Crippen MR) is 110 cm³/mol. The number of nitrogens with zero attached hydrogens (tertiary/aromatic N) is 2. The van der Waals surface area contributed by atoms with E-state index in [1.807, 2.05) is 53.9 Å². The van der Waals surface area contributed by atoms with Crippen LogP contribution in [0.15, 0.2) is 60.5 Å². The molecule has 0 saturated carbocycles. The first-order chi connectivity index (χ1) is 13.2. The third kappa shape index (κ3) is 3.94. The second-order valence-corrected chi connectivity index (χ2v) is 8.65. The Morgan fingerprint density at radius 3 is 2.67 bits per heavy atom. The minimum absolute atomic E-state index is 0.0122. The average molecular weight is 384 g/mol. The highest BCUT2D eigenvalue weighted by atomic mass is 32.1. The van der Waals surface area contributed by atoms with Crippen LogP contribution in [-0.4, -0.2) is 42.9 Å². The molecular weight excluding hydrogens is 356 g/mol. The molecule has 1 aromatic heterocycles. The van der Waals surface area contributed by atoms with Gasteiger partial charge in [-0.1, -0.05) is 36.9 Å².